The number of hydrogen-bond acceptors (Lipinski definition) is 3. The van der Waals surface area contributed by atoms with Crippen molar-refractivity contribution in [3.8, 4) is 0 Å². The summed E-state index contributed by atoms with van der Waals surface area (Å²) in [6.45, 7) is 4.49. The first-order chi connectivity index (χ1) is 9.58. The fraction of sp³-hybridized carbons (Fsp3) is 0.571. The quantitative estimate of drug-likeness (QED) is 0.690. The maximum Gasteiger partial charge on any atom is 0.326 e. The third kappa shape index (κ3) is 5.21. The molecule has 6 heteroatoms. The van der Waals surface area contributed by atoms with Gasteiger partial charge in [-0.1, -0.05) is 26.7 Å². The molecule has 1 atom stereocenters. The molecule has 1 rings (SSSR count). The van der Waals surface area contributed by atoms with Crippen LogP contribution in [-0.4, -0.2) is 23.1 Å². The zero-order chi connectivity index (χ0) is 15.0. The number of carbonyl (C=O) groups is 2. The van der Waals surface area contributed by atoms with E-state index in [9.17, 15) is 9.59 Å². The van der Waals surface area contributed by atoms with Gasteiger partial charge in [0.1, 0.15) is 6.04 Å². The van der Waals surface area contributed by atoms with Crippen molar-refractivity contribution in [2.45, 2.75) is 52.1 Å². The van der Waals surface area contributed by atoms with Crippen LogP contribution in [0.4, 0.5) is 4.79 Å². The van der Waals surface area contributed by atoms with Crippen molar-refractivity contribution in [1.29, 1.82) is 0 Å². The average molecular weight is 298 g/mol. The Morgan fingerprint density at radius 3 is 2.75 bits per heavy atom. The van der Waals surface area contributed by atoms with Crippen LogP contribution in [0.5, 0.6) is 0 Å². The highest BCUT2D eigenvalue weighted by atomic mass is 32.1. The number of nitrogens with one attached hydrogen (secondary N) is 2. The summed E-state index contributed by atoms with van der Waals surface area (Å²) in [5.41, 5.74) is 1.22. The van der Waals surface area contributed by atoms with Gasteiger partial charge in [-0.25, -0.2) is 9.59 Å². The number of rotatable bonds is 8. The molecular formula is C14H22N2O3S. The van der Waals surface area contributed by atoms with Crippen LogP contribution in [0.2, 0.25) is 0 Å². The van der Waals surface area contributed by atoms with E-state index < -0.39 is 18.0 Å². The van der Waals surface area contributed by atoms with Gasteiger partial charge in [-0.3, -0.25) is 0 Å². The van der Waals surface area contributed by atoms with Gasteiger partial charge in [-0.05, 0) is 29.9 Å². The van der Waals surface area contributed by atoms with E-state index in [4.69, 9.17) is 5.11 Å². The van der Waals surface area contributed by atoms with E-state index in [1.165, 1.54) is 5.56 Å². The van der Waals surface area contributed by atoms with Gasteiger partial charge >= 0.3 is 12.0 Å². The minimum atomic E-state index is -0.987. The van der Waals surface area contributed by atoms with Crippen molar-refractivity contribution in [3.63, 3.8) is 0 Å². The molecule has 0 fully saturated rings. The Balaban J connectivity index is 2.43. The lowest BCUT2D eigenvalue weighted by molar-refractivity contribution is -0.139. The Hall–Kier alpha value is -1.56. The van der Waals surface area contributed by atoms with Crippen LogP contribution >= 0.6 is 11.3 Å². The van der Waals surface area contributed by atoms with Gasteiger partial charge in [-0.2, -0.15) is 0 Å². The average Bonchev–Trinajstić information content (AvgIpc) is 2.88. The van der Waals surface area contributed by atoms with Gasteiger partial charge in [0.25, 0.3) is 0 Å². The molecule has 0 saturated carbocycles. The predicted octanol–water partition coefficient (Wildman–Crippen LogP) is 2.75. The molecule has 1 aromatic rings. The van der Waals surface area contributed by atoms with E-state index in [0.29, 0.717) is 13.0 Å². The molecule has 0 spiro atoms. The van der Waals surface area contributed by atoms with Crippen molar-refractivity contribution in [2.75, 3.05) is 0 Å². The predicted molar refractivity (Wildman–Crippen MR) is 80.0 cm³/mol. The molecule has 0 aliphatic carbocycles. The molecule has 5 nitrogen and oxygen atoms in total. The minimum absolute atomic E-state index is 0.427. The molecule has 1 aromatic heterocycles. The van der Waals surface area contributed by atoms with Crippen LogP contribution in [0.25, 0.3) is 0 Å². The summed E-state index contributed by atoms with van der Waals surface area (Å²) in [6.07, 6.45) is 3.07. The number of carboxylic acids is 1. The summed E-state index contributed by atoms with van der Waals surface area (Å²) in [4.78, 5) is 23.9. The summed E-state index contributed by atoms with van der Waals surface area (Å²) < 4.78 is 0. The normalized spacial score (nSPS) is 11.9. The molecule has 0 radical (unpaired) electrons. The van der Waals surface area contributed by atoms with Gasteiger partial charge < -0.3 is 15.7 Å². The highest BCUT2D eigenvalue weighted by molar-refractivity contribution is 7.10. The molecule has 0 aliphatic rings. The number of hydrogen-bond donors (Lipinski definition) is 3. The van der Waals surface area contributed by atoms with E-state index in [1.807, 2.05) is 18.4 Å². The molecule has 112 valence electrons. The number of thiophene rings is 1. The van der Waals surface area contributed by atoms with E-state index in [1.54, 1.807) is 11.3 Å². The smallest absolute Gasteiger partial charge is 0.326 e. The molecule has 20 heavy (non-hydrogen) atoms. The molecule has 1 heterocycles. The Morgan fingerprint density at radius 2 is 2.15 bits per heavy atom. The second-order valence-corrected chi connectivity index (χ2v) is 5.58. The Bertz CT molecular complexity index is 445. The Morgan fingerprint density at radius 1 is 1.40 bits per heavy atom. The second-order valence-electron chi connectivity index (χ2n) is 4.58. The largest absolute Gasteiger partial charge is 0.480 e. The number of urea groups is 1. The van der Waals surface area contributed by atoms with Crippen LogP contribution in [0, 0.1) is 0 Å². The highest BCUT2D eigenvalue weighted by Crippen LogP contribution is 2.16. The topological polar surface area (TPSA) is 78.4 Å². The number of amides is 2. The van der Waals surface area contributed by atoms with Crippen LogP contribution < -0.4 is 10.6 Å². The number of aryl methyl sites for hydroxylation is 1. The summed E-state index contributed by atoms with van der Waals surface area (Å²) >= 11 is 1.60. The first kappa shape index (κ1) is 16.5. The fourth-order valence-corrected chi connectivity index (χ4v) is 2.79. The fourth-order valence-electron chi connectivity index (χ4n) is 1.87. The van der Waals surface area contributed by atoms with E-state index in [0.717, 1.165) is 24.1 Å². The van der Waals surface area contributed by atoms with E-state index in [-0.39, 0.29) is 0 Å². The Labute approximate surface area is 123 Å². The lowest BCUT2D eigenvalue weighted by Gasteiger charge is -2.14. The minimum Gasteiger partial charge on any atom is -0.480 e. The third-order valence-corrected chi connectivity index (χ3v) is 4.04. The van der Waals surface area contributed by atoms with Crippen molar-refractivity contribution in [3.05, 3.63) is 21.9 Å². The summed E-state index contributed by atoms with van der Waals surface area (Å²) in [5.74, 6) is -0.987. The first-order valence-electron chi connectivity index (χ1n) is 6.90. The zero-order valence-electron chi connectivity index (χ0n) is 11.9. The number of unbranched alkanes of at least 4 members (excludes halogenated alkanes) is 1. The molecule has 0 aromatic carbocycles. The lowest BCUT2D eigenvalue weighted by atomic mass is 10.1. The molecule has 0 aliphatic heterocycles. The third-order valence-electron chi connectivity index (χ3n) is 3.08. The van der Waals surface area contributed by atoms with Gasteiger partial charge in [0.2, 0.25) is 0 Å². The van der Waals surface area contributed by atoms with Crippen LogP contribution in [0.15, 0.2) is 11.4 Å². The summed E-state index contributed by atoms with van der Waals surface area (Å²) in [7, 11) is 0. The SMILES string of the molecule is CCCC[C@H](NC(=O)NCc1sccc1CC)C(=O)O. The maximum absolute atomic E-state index is 11.7. The monoisotopic (exact) mass is 298 g/mol. The molecule has 3 N–H and O–H groups in total. The summed E-state index contributed by atoms with van der Waals surface area (Å²) in [6, 6.07) is 0.800. The molecular weight excluding hydrogens is 276 g/mol. The van der Waals surface area contributed by atoms with Gasteiger partial charge in [0, 0.05) is 4.88 Å². The van der Waals surface area contributed by atoms with E-state index >= 15 is 0 Å². The molecule has 2 amide bonds. The number of aliphatic carboxylic acids is 1. The van der Waals surface area contributed by atoms with Crippen LogP contribution in [-0.2, 0) is 17.8 Å². The first-order valence-corrected chi connectivity index (χ1v) is 7.78. The Kier molecular flexibility index (Phi) is 7.08. The maximum atomic E-state index is 11.7. The van der Waals surface area contributed by atoms with Gasteiger partial charge in [-0.15, -0.1) is 11.3 Å². The standard InChI is InChI=1S/C14H22N2O3S/c1-3-5-6-11(13(17)18)16-14(19)15-9-12-10(4-2)7-8-20-12/h7-8,11H,3-6,9H2,1-2H3,(H,17,18)(H2,15,16,19)/t11-/m0/s1. The van der Waals surface area contributed by atoms with Crippen molar-refractivity contribution in [2.24, 2.45) is 0 Å². The van der Waals surface area contributed by atoms with Crippen LogP contribution in [0.1, 0.15) is 43.6 Å². The van der Waals surface area contributed by atoms with Gasteiger partial charge in [0.15, 0.2) is 0 Å². The van der Waals surface area contributed by atoms with Gasteiger partial charge in [0.05, 0.1) is 6.54 Å². The van der Waals surface area contributed by atoms with Crippen molar-refractivity contribution >= 4 is 23.3 Å². The van der Waals surface area contributed by atoms with Crippen molar-refractivity contribution < 1.29 is 14.7 Å². The lowest BCUT2D eigenvalue weighted by Crippen LogP contribution is -2.45. The van der Waals surface area contributed by atoms with Crippen LogP contribution in [0.3, 0.4) is 0 Å². The second kappa shape index (κ2) is 8.58. The number of carbonyl (C=O) groups excluding carboxylic acids is 1. The molecule has 0 bridgehead atoms. The molecule has 0 unspecified atom stereocenters. The zero-order valence-corrected chi connectivity index (χ0v) is 12.8. The van der Waals surface area contributed by atoms with Crippen molar-refractivity contribution in [1.82, 2.24) is 10.6 Å². The number of carboxylic acid groups (broad SMARTS) is 1. The highest BCUT2D eigenvalue weighted by Gasteiger charge is 2.19. The van der Waals surface area contributed by atoms with E-state index in [2.05, 4.69) is 17.6 Å². The molecule has 0 saturated heterocycles. The summed E-state index contributed by atoms with van der Waals surface area (Å²) in [5, 5.41) is 16.3.